The third-order valence-corrected chi connectivity index (χ3v) is 3.84. The van der Waals surface area contributed by atoms with Gasteiger partial charge in [0.05, 0.1) is 0 Å². The highest BCUT2D eigenvalue weighted by molar-refractivity contribution is 5.48. The van der Waals surface area contributed by atoms with E-state index in [1.54, 1.807) is 0 Å². The lowest BCUT2D eigenvalue weighted by atomic mass is 9.94. The Bertz CT molecular complexity index is 363. The Morgan fingerprint density at radius 3 is 3.19 bits per heavy atom. The van der Waals surface area contributed by atoms with Gasteiger partial charge in [-0.05, 0) is 44.4 Å². The molecule has 2 aliphatic rings. The molecule has 2 aliphatic heterocycles. The van der Waals surface area contributed by atoms with Crippen molar-refractivity contribution in [3.63, 3.8) is 0 Å². The number of nitrogens with one attached hydrogen (secondary N) is 1. The van der Waals surface area contributed by atoms with Gasteiger partial charge >= 0.3 is 0 Å². The second-order valence-electron chi connectivity index (χ2n) is 5.02. The van der Waals surface area contributed by atoms with E-state index in [9.17, 15) is 0 Å². The number of aryl methyl sites for hydroxylation is 1. The number of anilines is 1. The largest absolute Gasteiger partial charge is 0.370 e. The zero-order valence-electron chi connectivity index (χ0n) is 9.82. The van der Waals surface area contributed by atoms with Crippen LogP contribution in [-0.4, -0.2) is 30.7 Å². The van der Waals surface area contributed by atoms with Crippen LogP contribution in [0, 0.1) is 12.8 Å². The minimum Gasteiger partial charge on any atom is -0.370 e. The van der Waals surface area contributed by atoms with E-state index < -0.39 is 0 Å². The Kier molecular flexibility index (Phi) is 2.56. The van der Waals surface area contributed by atoms with Crippen molar-refractivity contribution in [3.05, 3.63) is 24.0 Å². The number of hydrogen-bond acceptors (Lipinski definition) is 3. The predicted octanol–water partition coefficient (Wildman–Crippen LogP) is 1.58. The number of pyridine rings is 1. The molecule has 3 heterocycles. The Morgan fingerprint density at radius 1 is 1.44 bits per heavy atom. The van der Waals surface area contributed by atoms with Crippen LogP contribution in [0.4, 0.5) is 5.69 Å². The molecule has 0 spiro atoms. The summed E-state index contributed by atoms with van der Waals surface area (Å²) in [4.78, 5) is 6.76. The molecule has 0 unspecified atom stereocenters. The monoisotopic (exact) mass is 217 g/mol. The first-order valence-electron chi connectivity index (χ1n) is 6.24. The summed E-state index contributed by atoms with van der Waals surface area (Å²) in [6.45, 7) is 5.63. The van der Waals surface area contributed by atoms with Crippen molar-refractivity contribution in [1.29, 1.82) is 0 Å². The number of hydrogen-bond donors (Lipinski definition) is 1. The summed E-state index contributed by atoms with van der Waals surface area (Å²) in [6.07, 6.45) is 4.64. The van der Waals surface area contributed by atoms with Gasteiger partial charge in [-0.2, -0.15) is 0 Å². The molecule has 0 aliphatic carbocycles. The SMILES string of the molecule is Cc1cc(N2C[C@@H]3CCCN[C@@H]3C2)ccn1. The highest BCUT2D eigenvalue weighted by Crippen LogP contribution is 2.28. The maximum atomic E-state index is 4.26. The van der Waals surface area contributed by atoms with Gasteiger partial charge in [0.2, 0.25) is 0 Å². The molecule has 2 saturated heterocycles. The van der Waals surface area contributed by atoms with Crippen LogP contribution in [0.1, 0.15) is 18.5 Å². The molecule has 1 aromatic heterocycles. The highest BCUT2D eigenvalue weighted by atomic mass is 15.2. The van der Waals surface area contributed by atoms with Crippen LogP contribution in [0.3, 0.4) is 0 Å². The molecule has 3 rings (SSSR count). The van der Waals surface area contributed by atoms with Crippen molar-refractivity contribution in [1.82, 2.24) is 10.3 Å². The van der Waals surface area contributed by atoms with Gasteiger partial charge in [0.15, 0.2) is 0 Å². The minimum atomic E-state index is 0.710. The van der Waals surface area contributed by atoms with E-state index in [2.05, 4.69) is 34.3 Å². The molecular weight excluding hydrogens is 198 g/mol. The molecular formula is C13H19N3. The molecule has 3 heteroatoms. The van der Waals surface area contributed by atoms with Crippen molar-refractivity contribution < 1.29 is 0 Å². The van der Waals surface area contributed by atoms with Gasteiger partial charge < -0.3 is 10.2 Å². The van der Waals surface area contributed by atoms with E-state index in [4.69, 9.17) is 0 Å². The Morgan fingerprint density at radius 2 is 2.38 bits per heavy atom. The van der Waals surface area contributed by atoms with E-state index >= 15 is 0 Å². The number of rotatable bonds is 1. The fraction of sp³-hybridized carbons (Fsp3) is 0.615. The molecule has 0 saturated carbocycles. The van der Waals surface area contributed by atoms with Gasteiger partial charge in [-0.15, -0.1) is 0 Å². The minimum absolute atomic E-state index is 0.710. The molecule has 0 bridgehead atoms. The molecule has 1 aromatic rings. The predicted molar refractivity (Wildman–Crippen MR) is 65.7 cm³/mol. The smallest absolute Gasteiger partial charge is 0.0400 e. The maximum Gasteiger partial charge on any atom is 0.0400 e. The zero-order chi connectivity index (χ0) is 11.0. The van der Waals surface area contributed by atoms with Gasteiger partial charge in [0, 0.05) is 36.7 Å². The average molecular weight is 217 g/mol. The van der Waals surface area contributed by atoms with Crippen molar-refractivity contribution in [2.75, 3.05) is 24.5 Å². The van der Waals surface area contributed by atoms with E-state index in [0.717, 1.165) is 18.2 Å². The van der Waals surface area contributed by atoms with Crippen molar-refractivity contribution in [2.45, 2.75) is 25.8 Å². The Labute approximate surface area is 96.9 Å². The maximum absolute atomic E-state index is 4.26. The lowest BCUT2D eigenvalue weighted by molar-refractivity contribution is 0.340. The summed E-state index contributed by atoms with van der Waals surface area (Å²) >= 11 is 0. The van der Waals surface area contributed by atoms with E-state index in [1.165, 1.54) is 31.6 Å². The summed E-state index contributed by atoms with van der Waals surface area (Å²) < 4.78 is 0. The lowest BCUT2D eigenvalue weighted by Crippen LogP contribution is -2.40. The molecule has 0 radical (unpaired) electrons. The van der Waals surface area contributed by atoms with Crippen LogP contribution in [0.2, 0.25) is 0 Å². The van der Waals surface area contributed by atoms with E-state index in [0.29, 0.717) is 6.04 Å². The number of piperidine rings is 1. The fourth-order valence-corrected chi connectivity index (χ4v) is 2.98. The second kappa shape index (κ2) is 4.06. The average Bonchev–Trinajstić information content (AvgIpc) is 2.72. The lowest BCUT2D eigenvalue weighted by Gasteiger charge is -2.24. The Hall–Kier alpha value is -1.09. The summed E-state index contributed by atoms with van der Waals surface area (Å²) in [6, 6.07) is 5.03. The van der Waals surface area contributed by atoms with Crippen LogP contribution in [0.15, 0.2) is 18.3 Å². The standard InChI is InChI=1S/C13H19N3/c1-10-7-12(4-6-14-10)16-8-11-3-2-5-15-13(11)9-16/h4,6-7,11,13,15H,2-3,5,8-9H2,1H3/t11-,13+/m0/s1. The third kappa shape index (κ3) is 1.80. The molecule has 2 fully saturated rings. The van der Waals surface area contributed by atoms with Gasteiger partial charge in [-0.25, -0.2) is 0 Å². The third-order valence-electron chi connectivity index (χ3n) is 3.84. The van der Waals surface area contributed by atoms with Crippen molar-refractivity contribution >= 4 is 5.69 Å². The summed E-state index contributed by atoms with van der Waals surface area (Å²) in [7, 11) is 0. The summed E-state index contributed by atoms with van der Waals surface area (Å²) in [5.74, 6) is 0.849. The van der Waals surface area contributed by atoms with Gasteiger partial charge in [0.1, 0.15) is 0 Å². The summed E-state index contributed by atoms with van der Waals surface area (Å²) in [5, 5.41) is 3.64. The van der Waals surface area contributed by atoms with Gasteiger partial charge in [0.25, 0.3) is 0 Å². The van der Waals surface area contributed by atoms with Crippen molar-refractivity contribution in [2.24, 2.45) is 5.92 Å². The number of nitrogens with zero attached hydrogens (tertiary/aromatic N) is 2. The molecule has 86 valence electrons. The topological polar surface area (TPSA) is 28.2 Å². The Balaban J connectivity index is 1.77. The van der Waals surface area contributed by atoms with Crippen LogP contribution in [0.5, 0.6) is 0 Å². The van der Waals surface area contributed by atoms with E-state index in [-0.39, 0.29) is 0 Å². The van der Waals surface area contributed by atoms with Gasteiger partial charge in [-0.3, -0.25) is 4.98 Å². The molecule has 2 atom stereocenters. The molecule has 1 N–H and O–H groups in total. The number of aromatic nitrogens is 1. The van der Waals surface area contributed by atoms with Crippen LogP contribution >= 0.6 is 0 Å². The van der Waals surface area contributed by atoms with Gasteiger partial charge in [-0.1, -0.05) is 0 Å². The molecule has 0 amide bonds. The van der Waals surface area contributed by atoms with Crippen molar-refractivity contribution in [3.8, 4) is 0 Å². The first-order valence-corrected chi connectivity index (χ1v) is 6.24. The highest BCUT2D eigenvalue weighted by Gasteiger charge is 2.34. The normalized spacial score (nSPS) is 29.2. The van der Waals surface area contributed by atoms with Crippen LogP contribution < -0.4 is 10.2 Å². The van der Waals surface area contributed by atoms with Crippen LogP contribution in [-0.2, 0) is 0 Å². The second-order valence-corrected chi connectivity index (χ2v) is 5.02. The fourth-order valence-electron chi connectivity index (χ4n) is 2.98. The number of fused-ring (bicyclic) bond motifs is 1. The quantitative estimate of drug-likeness (QED) is 0.774. The molecule has 3 nitrogen and oxygen atoms in total. The molecule has 16 heavy (non-hydrogen) atoms. The first-order chi connectivity index (χ1) is 7.83. The molecule has 0 aromatic carbocycles. The van der Waals surface area contributed by atoms with Crippen LogP contribution in [0.25, 0.3) is 0 Å². The first kappa shape index (κ1) is 10.1. The zero-order valence-corrected chi connectivity index (χ0v) is 9.82. The van der Waals surface area contributed by atoms with E-state index in [1.807, 2.05) is 6.20 Å². The summed E-state index contributed by atoms with van der Waals surface area (Å²) in [5.41, 5.74) is 2.45.